The van der Waals surface area contributed by atoms with Gasteiger partial charge in [-0.3, -0.25) is 4.79 Å². The molecule has 0 amide bonds. The van der Waals surface area contributed by atoms with E-state index in [1.54, 1.807) is 11.8 Å². The molecule has 0 aliphatic heterocycles. The minimum atomic E-state index is -0.0662. The van der Waals surface area contributed by atoms with Crippen LogP contribution in [0, 0.1) is 12.3 Å². The molecule has 0 spiro atoms. The SMILES string of the molecule is Cc1cc(=O)[nH]c(SCC2(CS)CCC2)n1. The molecular formula is C11H16N2OS2. The van der Waals surface area contributed by atoms with Gasteiger partial charge in [0.2, 0.25) is 0 Å². The summed E-state index contributed by atoms with van der Waals surface area (Å²) < 4.78 is 0. The molecule has 1 heterocycles. The van der Waals surface area contributed by atoms with Crippen LogP contribution in [0.4, 0.5) is 0 Å². The van der Waals surface area contributed by atoms with Crippen LogP contribution in [0.3, 0.4) is 0 Å². The molecule has 1 N–H and O–H groups in total. The lowest BCUT2D eigenvalue weighted by molar-refractivity contribution is 0.205. The second-order valence-corrected chi connectivity index (χ2v) is 5.77. The molecule has 0 aromatic carbocycles. The Morgan fingerprint density at radius 1 is 1.62 bits per heavy atom. The fourth-order valence-electron chi connectivity index (χ4n) is 1.87. The second kappa shape index (κ2) is 4.84. The molecule has 0 saturated heterocycles. The van der Waals surface area contributed by atoms with Gasteiger partial charge in [0.1, 0.15) is 0 Å². The zero-order chi connectivity index (χ0) is 11.6. The minimum absolute atomic E-state index is 0.0662. The van der Waals surface area contributed by atoms with Gasteiger partial charge in [0, 0.05) is 17.5 Å². The van der Waals surface area contributed by atoms with Crippen molar-refractivity contribution in [3.05, 3.63) is 22.1 Å². The lowest BCUT2D eigenvalue weighted by Crippen LogP contribution is -2.34. The number of aryl methyl sites for hydroxylation is 1. The third kappa shape index (κ3) is 2.63. The first kappa shape index (κ1) is 12.0. The van der Waals surface area contributed by atoms with Crippen molar-refractivity contribution >= 4 is 24.4 Å². The zero-order valence-corrected chi connectivity index (χ0v) is 11.0. The molecule has 0 unspecified atom stereocenters. The van der Waals surface area contributed by atoms with Crippen LogP contribution in [0.2, 0.25) is 0 Å². The highest BCUT2D eigenvalue weighted by Gasteiger charge is 2.35. The van der Waals surface area contributed by atoms with Crippen LogP contribution in [0.25, 0.3) is 0 Å². The van der Waals surface area contributed by atoms with E-state index in [4.69, 9.17) is 0 Å². The Labute approximate surface area is 105 Å². The maximum atomic E-state index is 11.3. The Kier molecular flexibility index (Phi) is 3.64. The third-order valence-electron chi connectivity index (χ3n) is 3.11. The molecule has 16 heavy (non-hydrogen) atoms. The summed E-state index contributed by atoms with van der Waals surface area (Å²) in [7, 11) is 0. The predicted molar refractivity (Wildman–Crippen MR) is 70.5 cm³/mol. The number of rotatable bonds is 4. The number of nitrogens with one attached hydrogen (secondary N) is 1. The van der Waals surface area contributed by atoms with Gasteiger partial charge in [-0.1, -0.05) is 18.2 Å². The van der Waals surface area contributed by atoms with Gasteiger partial charge in [-0.05, 0) is 30.9 Å². The molecule has 88 valence electrons. The largest absolute Gasteiger partial charge is 0.301 e. The molecule has 2 rings (SSSR count). The highest BCUT2D eigenvalue weighted by Crippen LogP contribution is 2.44. The summed E-state index contributed by atoms with van der Waals surface area (Å²) >= 11 is 6.05. The van der Waals surface area contributed by atoms with Gasteiger partial charge in [-0.25, -0.2) is 4.98 Å². The maximum absolute atomic E-state index is 11.3. The number of aromatic amines is 1. The molecule has 1 aliphatic carbocycles. The first-order chi connectivity index (χ1) is 7.63. The van der Waals surface area contributed by atoms with Crippen molar-refractivity contribution in [3.8, 4) is 0 Å². The smallest absolute Gasteiger partial charge is 0.251 e. The van der Waals surface area contributed by atoms with E-state index >= 15 is 0 Å². The summed E-state index contributed by atoms with van der Waals surface area (Å²) in [5, 5.41) is 0.734. The molecule has 1 aromatic heterocycles. The summed E-state index contributed by atoms with van der Waals surface area (Å²) in [5.74, 6) is 1.93. The van der Waals surface area contributed by atoms with Gasteiger partial charge in [0.15, 0.2) is 5.16 Å². The molecule has 1 aliphatic rings. The van der Waals surface area contributed by atoms with E-state index in [0.717, 1.165) is 22.4 Å². The van der Waals surface area contributed by atoms with Crippen molar-refractivity contribution in [2.45, 2.75) is 31.3 Å². The van der Waals surface area contributed by atoms with E-state index in [1.165, 1.54) is 25.3 Å². The normalized spacial score (nSPS) is 18.1. The lowest BCUT2D eigenvalue weighted by atomic mass is 9.72. The van der Waals surface area contributed by atoms with Crippen molar-refractivity contribution in [1.29, 1.82) is 0 Å². The summed E-state index contributed by atoms with van der Waals surface area (Å²) in [6, 6.07) is 1.52. The predicted octanol–water partition coefficient (Wildman–Crippen LogP) is 2.27. The molecular weight excluding hydrogens is 240 g/mol. The molecule has 0 radical (unpaired) electrons. The highest BCUT2D eigenvalue weighted by molar-refractivity contribution is 7.99. The summed E-state index contributed by atoms with van der Waals surface area (Å²) in [6.07, 6.45) is 3.80. The average molecular weight is 256 g/mol. The summed E-state index contributed by atoms with van der Waals surface area (Å²) in [6.45, 7) is 1.84. The van der Waals surface area contributed by atoms with Crippen molar-refractivity contribution in [2.75, 3.05) is 11.5 Å². The van der Waals surface area contributed by atoms with Gasteiger partial charge in [-0.15, -0.1) is 0 Å². The number of thiol groups is 1. The van der Waals surface area contributed by atoms with Gasteiger partial charge in [0.05, 0.1) is 0 Å². The molecule has 5 heteroatoms. The number of thioether (sulfide) groups is 1. The fraction of sp³-hybridized carbons (Fsp3) is 0.636. The number of nitrogens with zero attached hydrogens (tertiary/aromatic N) is 1. The van der Waals surface area contributed by atoms with Crippen LogP contribution in [-0.4, -0.2) is 21.5 Å². The molecule has 1 saturated carbocycles. The quantitative estimate of drug-likeness (QED) is 0.493. The van der Waals surface area contributed by atoms with Gasteiger partial charge in [-0.2, -0.15) is 12.6 Å². The lowest BCUT2D eigenvalue weighted by Gasteiger charge is -2.40. The van der Waals surface area contributed by atoms with Gasteiger partial charge in [0.25, 0.3) is 5.56 Å². The molecule has 1 aromatic rings. The number of aromatic nitrogens is 2. The standard InChI is InChI=1S/C11H16N2OS2/c1-8-5-9(14)13-10(12-8)16-7-11(6-15)3-2-4-11/h5,15H,2-4,6-7H2,1H3,(H,12,13,14). The van der Waals surface area contributed by atoms with Crippen molar-refractivity contribution in [1.82, 2.24) is 9.97 Å². The Balaban J connectivity index is 2.01. The van der Waals surface area contributed by atoms with Crippen LogP contribution in [0.5, 0.6) is 0 Å². The Bertz CT molecular complexity index is 421. The van der Waals surface area contributed by atoms with Crippen LogP contribution < -0.4 is 5.56 Å². The first-order valence-electron chi connectivity index (χ1n) is 5.45. The Morgan fingerprint density at radius 2 is 2.38 bits per heavy atom. The first-order valence-corrected chi connectivity index (χ1v) is 7.07. The number of H-pyrrole nitrogens is 1. The monoisotopic (exact) mass is 256 g/mol. The van der Waals surface area contributed by atoms with Crippen molar-refractivity contribution < 1.29 is 0 Å². The van der Waals surface area contributed by atoms with E-state index in [1.807, 2.05) is 6.92 Å². The number of hydrogen-bond acceptors (Lipinski definition) is 4. The van der Waals surface area contributed by atoms with E-state index < -0.39 is 0 Å². The van der Waals surface area contributed by atoms with Crippen LogP contribution >= 0.6 is 24.4 Å². The van der Waals surface area contributed by atoms with E-state index in [0.29, 0.717) is 5.41 Å². The van der Waals surface area contributed by atoms with Crippen LogP contribution in [0.15, 0.2) is 16.0 Å². The second-order valence-electron chi connectivity index (χ2n) is 4.49. The molecule has 1 fully saturated rings. The van der Waals surface area contributed by atoms with Crippen LogP contribution in [-0.2, 0) is 0 Å². The van der Waals surface area contributed by atoms with E-state index in [-0.39, 0.29) is 5.56 Å². The van der Waals surface area contributed by atoms with E-state index in [9.17, 15) is 4.79 Å². The average Bonchev–Trinajstić information content (AvgIpc) is 2.15. The maximum Gasteiger partial charge on any atom is 0.251 e. The molecule has 0 bridgehead atoms. The summed E-state index contributed by atoms with van der Waals surface area (Å²) in [4.78, 5) is 18.3. The Hall–Kier alpha value is -0.420. The summed E-state index contributed by atoms with van der Waals surface area (Å²) in [5.41, 5.74) is 1.08. The van der Waals surface area contributed by atoms with Crippen LogP contribution in [0.1, 0.15) is 25.0 Å². The zero-order valence-electron chi connectivity index (χ0n) is 9.32. The molecule has 3 nitrogen and oxygen atoms in total. The Morgan fingerprint density at radius 3 is 2.88 bits per heavy atom. The minimum Gasteiger partial charge on any atom is -0.301 e. The van der Waals surface area contributed by atoms with Gasteiger partial charge >= 0.3 is 0 Å². The van der Waals surface area contributed by atoms with Crippen molar-refractivity contribution in [2.24, 2.45) is 5.41 Å². The van der Waals surface area contributed by atoms with Crippen molar-refractivity contribution in [3.63, 3.8) is 0 Å². The highest BCUT2D eigenvalue weighted by atomic mass is 32.2. The molecule has 0 atom stereocenters. The number of hydrogen-bond donors (Lipinski definition) is 2. The topological polar surface area (TPSA) is 45.8 Å². The fourth-order valence-corrected chi connectivity index (χ4v) is 3.66. The third-order valence-corrected chi connectivity index (χ3v) is 5.01. The van der Waals surface area contributed by atoms with Gasteiger partial charge < -0.3 is 4.98 Å². The van der Waals surface area contributed by atoms with E-state index in [2.05, 4.69) is 22.6 Å².